The van der Waals surface area contributed by atoms with E-state index in [1.54, 1.807) is 11.0 Å². The summed E-state index contributed by atoms with van der Waals surface area (Å²) in [5.74, 6) is 0.460. The van der Waals surface area contributed by atoms with Gasteiger partial charge in [-0.3, -0.25) is 4.79 Å². The maximum atomic E-state index is 13.2. The molecule has 1 saturated heterocycles. The van der Waals surface area contributed by atoms with Crippen LogP contribution in [0.5, 0.6) is 0 Å². The number of aryl methyl sites for hydroxylation is 1. The Kier molecular flexibility index (Phi) is 4.52. The van der Waals surface area contributed by atoms with Crippen LogP contribution < -0.4 is 0 Å². The molecule has 2 aromatic carbocycles. The van der Waals surface area contributed by atoms with E-state index in [1.165, 1.54) is 17.5 Å². The zero-order valence-electron chi connectivity index (χ0n) is 14.9. The van der Waals surface area contributed by atoms with Crippen LogP contribution in [0.4, 0.5) is 0 Å². The van der Waals surface area contributed by atoms with Gasteiger partial charge < -0.3 is 4.90 Å². The first-order chi connectivity index (χ1) is 12.7. The van der Waals surface area contributed by atoms with Gasteiger partial charge in [0.05, 0.1) is 11.3 Å². The van der Waals surface area contributed by atoms with E-state index >= 15 is 0 Å². The van der Waals surface area contributed by atoms with Crippen molar-refractivity contribution < 1.29 is 4.79 Å². The van der Waals surface area contributed by atoms with Gasteiger partial charge in [-0.2, -0.15) is 5.10 Å². The van der Waals surface area contributed by atoms with Gasteiger partial charge in [0, 0.05) is 19.0 Å². The van der Waals surface area contributed by atoms with E-state index < -0.39 is 0 Å². The van der Waals surface area contributed by atoms with E-state index in [1.807, 2.05) is 29.2 Å². The Hall–Kier alpha value is -2.95. The van der Waals surface area contributed by atoms with Crippen molar-refractivity contribution in [2.45, 2.75) is 25.7 Å². The number of amides is 1. The van der Waals surface area contributed by atoms with Gasteiger partial charge >= 0.3 is 0 Å². The van der Waals surface area contributed by atoms with Crippen LogP contribution in [-0.4, -0.2) is 38.7 Å². The fourth-order valence-corrected chi connectivity index (χ4v) is 3.82. The Morgan fingerprint density at radius 3 is 2.73 bits per heavy atom. The van der Waals surface area contributed by atoms with Gasteiger partial charge in [-0.1, -0.05) is 36.4 Å². The van der Waals surface area contributed by atoms with Crippen molar-refractivity contribution >= 4 is 5.91 Å². The molecule has 2 heterocycles. The molecule has 1 amide bonds. The van der Waals surface area contributed by atoms with E-state index in [0.717, 1.165) is 31.6 Å². The van der Waals surface area contributed by atoms with Gasteiger partial charge in [-0.05, 0) is 43.0 Å². The molecule has 3 aromatic rings. The minimum absolute atomic E-state index is 0.0642. The number of benzene rings is 2. The molecule has 5 nitrogen and oxygen atoms in total. The molecule has 1 aliphatic heterocycles. The van der Waals surface area contributed by atoms with Crippen molar-refractivity contribution in [1.82, 2.24) is 19.7 Å². The molecule has 26 heavy (non-hydrogen) atoms. The van der Waals surface area contributed by atoms with Crippen LogP contribution in [0.1, 0.15) is 40.2 Å². The van der Waals surface area contributed by atoms with Crippen LogP contribution in [0.15, 0.2) is 61.2 Å². The summed E-state index contributed by atoms with van der Waals surface area (Å²) < 4.78 is 1.65. The predicted molar refractivity (Wildman–Crippen MR) is 100 cm³/mol. The zero-order chi connectivity index (χ0) is 17.9. The lowest BCUT2D eigenvalue weighted by Gasteiger charge is -2.34. The molecule has 132 valence electrons. The van der Waals surface area contributed by atoms with Crippen molar-refractivity contribution in [1.29, 1.82) is 0 Å². The molecule has 5 heteroatoms. The van der Waals surface area contributed by atoms with Gasteiger partial charge in [0.15, 0.2) is 0 Å². The minimum atomic E-state index is 0.0642. The summed E-state index contributed by atoms with van der Waals surface area (Å²) >= 11 is 0. The Balaban J connectivity index is 1.60. The van der Waals surface area contributed by atoms with Crippen LogP contribution in [0.3, 0.4) is 0 Å². The van der Waals surface area contributed by atoms with Crippen molar-refractivity contribution in [2.75, 3.05) is 13.1 Å². The SMILES string of the molecule is Cc1ccccc1[C@H]1CCCN(C(=O)c2ccccc2-n2cncn2)C1. The van der Waals surface area contributed by atoms with Crippen molar-refractivity contribution in [3.63, 3.8) is 0 Å². The fraction of sp³-hybridized carbons (Fsp3) is 0.286. The smallest absolute Gasteiger partial charge is 0.256 e. The molecule has 0 spiro atoms. The first-order valence-corrected chi connectivity index (χ1v) is 9.03. The summed E-state index contributed by atoms with van der Waals surface area (Å²) in [6.07, 6.45) is 5.25. The van der Waals surface area contributed by atoms with E-state index in [4.69, 9.17) is 0 Å². The lowest BCUT2D eigenvalue weighted by molar-refractivity contribution is 0.0706. The van der Waals surface area contributed by atoms with Crippen LogP contribution in [0, 0.1) is 6.92 Å². The van der Waals surface area contributed by atoms with E-state index in [9.17, 15) is 4.79 Å². The largest absolute Gasteiger partial charge is 0.338 e. The normalized spacial score (nSPS) is 17.3. The summed E-state index contributed by atoms with van der Waals surface area (Å²) in [4.78, 5) is 19.2. The van der Waals surface area contributed by atoms with Crippen molar-refractivity contribution in [3.8, 4) is 5.69 Å². The number of carbonyl (C=O) groups excluding carboxylic acids is 1. The molecular formula is C21H22N4O. The number of para-hydroxylation sites is 1. The lowest BCUT2D eigenvalue weighted by Crippen LogP contribution is -2.39. The molecule has 0 radical (unpaired) electrons. The fourth-order valence-electron chi connectivity index (χ4n) is 3.82. The second-order valence-electron chi connectivity index (χ2n) is 6.80. The zero-order valence-corrected chi connectivity index (χ0v) is 14.9. The van der Waals surface area contributed by atoms with Gasteiger partial charge in [0.1, 0.15) is 12.7 Å². The number of carbonyl (C=O) groups is 1. The molecule has 0 N–H and O–H groups in total. The van der Waals surface area contributed by atoms with Gasteiger partial charge in [-0.15, -0.1) is 0 Å². The van der Waals surface area contributed by atoms with Gasteiger partial charge in [-0.25, -0.2) is 9.67 Å². The molecule has 1 atom stereocenters. The number of likely N-dealkylation sites (tertiary alicyclic amines) is 1. The number of rotatable bonds is 3. The highest BCUT2D eigenvalue weighted by Gasteiger charge is 2.27. The molecule has 1 aromatic heterocycles. The highest BCUT2D eigenvalue weighted by Crippen LogP contribution is 2.30. The molecule has 0 saturated carbocycles. The average molecular weight is 346 g/mol. The maximum absolute atomic E-state index is 13.2. The van der Waals surface area contributed by atoms with Crippen molar-refractivity contribution in [2.24, 2.45) is 0 Å². The number of hydrogen-bond acceptors (Lipinski definition) is 3. The monoisotopic (exact) mass is 346 g/mol. The quantitative estimate of drug-likeness (QED) is 0.728. The third kappa shape index (κ3) is 3.12. The van der Waals surface area contributed by atoms with Crippen LogP contribution in [0.2, 0.25) is 0 Å². The van der Waals surface area contributed by atoms with Crippen LogP contribution in [-0.2, 0) is 0 Å². The van der Waals surface area contributed by atoms with E-state index in [-0.39, 0.29) is 5.91 Å². The van der Waals surface area contributed by atoms with E-state index in [2.05, 4.69) is 41.3 Å². The molecule has 0 aliphatic carbocycles. The number of aromatic nitrogens is 3. The minimum Gasteiger partial charge on any atom is -0.338 e. The average Bonchev–Trinajstić information content (AvgIpc) is 3.22. The number of nitrogens with zero attached hydrogens (tertiary/aromatic N) is 4. The summed E-state index contributed by atoms with van der Waals surface area (Å²) in [7, 11) is 0. The van der Waals surface area contributed by atoms with Crippen LogP contribution in [0.25, 0.3) is 5.69 Å². The summed E-state index contributed by atoms with van der Waals surface area (Å²) in [6.45, 7) is 3.71. The molecule has 4 rings (SSSR count). The lowest BCUT2D eigenvalue weighted by atomic mass is 9.87. The Morgan fingerprint density at radius 2 is 1.92 bits per heavy atom. The summed E-state index contributed by atoms with van der Waals surface area (Å²) in [6, 6.07) is 16.1. The highest BCUT2D eigenvalue weighted by atomic mass is 16.2. The second-order valence-corrected chi connectivity index (χ2v) is 6.80. The molecule has 0 bridgehead atoms. The number of piperidine rings is 1. The Labute approximate surface area is 153 Å². The van der Waals surface area contributed by atoms with Crippen LogP contribution >= 0.6 is 0 Å². The maximum Gasteiger partial charge on any atom is 0.256 e. The van der Waals surface area contributed by atoms with E-state index in [0.29, 0.717) is 11.5 Å². The Bertz CT molecular complexity index is 904. The molecule has 0 unspecified atom stereocenters. The predicted octanol–water partition coefficient (Wildman–Crippen LogP) is 3.60. The molecule has 1 fully saturated rings. The van der Waals surface area contributed by atoms with Gasteiger partial charge in [0.2, 0.25) is 0 Å². The second kappa shape index (κ2) is 7.12. The molecule has 1 aliphatic rings. The third-order valence-corrected chi connectivity index (χ3v) is 5.14. The molecular weight excluding hydrogens is 324 g/mol. The topological polar surface area (TPSA) is 51.0 Å². The Morgan fingerprint density at radius 1 is 1.12 bits per heavy atom. The van der Waals surface area contributed by atoms with Crippen molar-refractivity contribution in [3.05, 3.63) is 77.9 Å². The first kappa shape index (κ1) is 16.5. The highest BCUT2D eigenvalue weighted by molar-refractivity contribution is 5.97. The standard InChI is InChI=1S/C21H22N4O/c1-16-7-2-3-9-18(16)17-8-6-12-24(13-17)21(26)19-10-4-5-11-20(19)25-15-22-14-23-25/h2-5,7,9-11,14-15,17H,6,8,12-13H2,1H3/t17-/m0/s1. The summed E-state index contributed by atoms with van der Waals surface area (Å²) in [5.41, 5.74) is 4.10. The summed E-state index contributed by atoms with van der Waals surface area (Å²) in [5, 5.41) is 4.18. The van der Waals surface area contributed by atoms with Gasteiger partial charge in [0.25, 0.3) is 5.91 Å². The third-order valence-electron chi connectivity index (χ3n) is 5.14. The number of hydrogen-bond donors (Lipinski definition) is 0. The first-order valence-electron chi connectivity index (χ1n) is 9.03.